The molecular formula is C15H24N2O2. The Morgan fingerprint density at radius 1 is 1.37 bits per heavy atom. The highest BCUT2D eigenvalue weighted by molar-refractivity contribution is 5.36. The van der Waals surface area contributed by atoms with Crippen LogP contribution in [0.1, 0.15) is 23.6 Å². The fourth-order valence-corrected chi connectivity index (χ4v) is 2.80. The van der Waals surface area contributed by atoms with Crippen LogP contribution in [-0.2, 0) is 0 Å². The first kappa shape index (κ1) is 14.3. The molecule has 0 aromatic heterocycles. The third-order valence-electron chi connectivity index (χ3n) is 3.83. The first-order chi connectivity index (χ1) is 9.26. The van der Waals surface area contributed by atoms with Crippen LogP contribution in [0.4, 0.5) is 0 Å². The monoisotopic (exact) mass is 264 g/mol. The minimum Gasteiger partial charge on any atom is -0.497 e. The maximum absolute atomic E-state index is 9.35. The predicted molar refractivity (Wildman–Crippen MR) is 76.6 cm³/mol. The van der Waals surface area contributed by atoms with Gasteiger partial charge < -0.3 is 15.2 Å². The summed E-state index contributed by atoms with van der Waals surface area (Å²) in [6.07, 6.45) is 0.785. The van der Waals surface area contributed by atoms with Crippen molar-refractivity contribution in [3.63, 3.8) is 0 Å². The molecule has 106 valence electrons. The van der Waals surface area contributed by atoms with E-state index in [0.717, 1.165) is 38.3 Å². The normalized spacial score (nSPS) is 18.3. The van der Waals surface area contributed by atoms with Gasteiger partial charge in [-0.05, 0) is 36.6 Å². The predicted octanol–water partition coefficient (Wildman–Crippen LogP) is 1.33. The summed E-state index contributed by atoms with van der Waals surface area (Å²) in [4.78, 5) is 2.46. The van der Waals surface area contributed by atoms with Gasteiger partial charge in [-0.2, -0.15) is 0 Å². The maximum atomic E-state index is 9.35. The number of aliphatic hydroxyl groups is 1. The van der Waals surface area contributed by atoms with Crippen molar-refractivity contribution >= 4 is 0 Å². The molecule has 1 aliphatic rings. The third-order valence-corrected chi connectivity index (χ3v) is 3.83. The van der Waals surface area contributed by atoms with E-state index in [2.05, 4.69) is 29.3 Å². The van der Waals surface area contributed by atoms with Crippen LogP contribution in [0.15, 0.2) is 18.2 Å². The number of methoxy groups -OCH3 is 1. The molecule has 0 radical (unpaired) electrons. The lowest BCUT2D eigenvalue weighted by atomic mass is 9.96. The quantitative estimate of drug-likeness (QED) is 0.842. The lowest BCUT2D eigenvalue weighted by molar-refractivity contribution is 0.140. The molecule has 2 rings (SSSR count). The highest BCUT2D eigenvalue weighted by atomic mass is 16.5. The maximum Gasteiger partial charge on any atom is 0.119 e. The molecule has 0 spiro atoms. The molecule has 2 N–H and O–H groups in total. The van der Waals surface area contributed by atoms with Crippen LogP contribution >= 0.6 is 0 Å². The highest BCUT2D eigenvalue weighted by Crippen LogP contribution is 2.29. The lowest BCUT2D eigenvalue weighted by Crippen LogP contribution is -2.45. The molecule has 4 nitrogen and oxygen atoms in total. The van der Waals surface area contributed by atoms with E-state index in [1.807, 2.05) is 6.07 Å². The minimum absolute atomic E-state index is 0.222. The van der Waals surface area contributed by atoms with Gasteiger partial charge in [-0.1, -0.05) is 6.07 Å². The molecule has 1 aliphatic heterocycles. The van der Waals surface area contributed by atoms with Gasteiger partial charge in [0.2, 0.25) is 0 Å². The van der Waals surface area contributed by atoms with E-state index in [1.54, 1.807) is 7.11 Å². The molecule has 0 unspecified atom stereocenters. The van der Waals surface area contributed by atoms with Crippen LogP contribution in [0.2, 0.25) is 0 Å². The molecule has 0 bridgehead atoms. The zero-order chi connectivity index (χ0) is 13.7. The molecule has 1 aromatic rings. The number of hydrogen-bond acceptors (Lipinski definition) is 4. The number of nitrogens with zero attached hydrogens (tertiary/aromatic N) is 1. The van der Waals surface area contributed by atoms with Crippen molar-refractivity contribution in [2.24, 2.45) is 0 Å². The van der Waals surface area contributed by atoms with Gasteiger partial charge in [-0.15, -0.1) is 0 Å². The molecule has 0 aliphatic carbocycles. The largest absolute Gasteiger partial charge is 0.497 e. The standard InChI is InChI=1S/C15H24N2O2/c1-12-11-13(19-2)3-4-14(12)15(5-10-18)17-8-6-16-7-9-17/h3-4,11,15-16,18H,5-10H2,1-2H3/t15-/m1/s1. The number of hydrogen-bond donors (Lipinski definition) is 2. The molecule has 1 saturated heterocycles. The number of rotatable bonds is 5. The Morgan fingerprint density at radius 2 is 2.11 bits per heavy atom. The van der Waals surface area contributed by atoms with Gasteiger partial charge in [-0.3, -0.25) is 4.90 Å². The molecule has 1 heterocycles. The molecule has 1 fully saturated rings. The Hall–Kier alpha value is -1.10. The summed E-state index contributed by atoms with van der Waals surface area (Å²) < 4.78 is 5.26. The lowest BCUT2D eigenvalue weighted by Gasteiger charge is -2.35. The average Bonchev–Trinajstić information content (AvgIpc) is 2.46. The van der Waals surface area contributed by atoms with E-state index < -0.39 is 0 Å². The molecule has 4 heteroatoms. The molecule has 1 aromatic carbocycles. The molecule has 1 atom stereocenters. The summed E-state index contributed by atoms with van der Waals surface area (Å²) in [5, 5.41) is 12.7. The number of aliphatic hydroxyl groups excluding tert-OH is 1. The summed E-state index contributed by atoms with van der Waals surface area (Å²) in [6, 6.07) is 6.52. The van der Waals surface area contributed by atoms with Crippen LogP contribution in [0.3, 0.4) is 0 Å². The van der Waals surface area contributed by atoms with Crippen molar-refractivity contribution in [2.45, 2.75) is 19.4 Å². The Morgan fingerprint density at radius 3 is 2.68 bits per heavy atom. The topological polar surface area (TPSA) is 44.7 Å². The number of nitrogens with one attached hydrogen (secondary N) is 1. The number of aryl methyl sites for hydroxylation is 1. The van der Waals surface area contributed by atoms with Crippen molar-refractivity contribution in [3.05, 3.63) is 29.3 Å². The summed E-state index contributed by atoms with van der Waals surface area (Å²) in [5.74, 6) is 0.893. The average molecular weight is 264 g/mol. The van der Waals surface area contributed by atoms with Crippen LogP contribution in [0.25, 0.3) is 0 Å². The first-order valence-electron chi connectivity index (χ1n) is 6.96. The fourth-order valence-electron chi connectivity index (χ4n) is 2.80. The number of piperazine rings is 1. The summed E-state index contributed by atoms with van der Waals surface area (Å²) in [7, 11) is 1.69. The first-order valence-corrected chi connectivity index (χ1v) is 6.96. The second-order valence-corrected chi connectivity index (χ2v) is 5.04. The van der Waals surface area contributed by atoms with Gasteiger partial charge in [0.05, 0.1) is 7.11 Å². The van der Waals surface area contributed by atoms with Crippen LogP contribution in [0, 0.1) is 6.92 Å². The Balaban J connectivity index is 2.22. The van der Waals surface area contributed by atoms with Crippen LogP contribution in [-0.4, -0.2) is 49.9 Å². The SMILES string of the molecule is COc1ccc([C@@H](CCO)N2CCNCC2)c(C)c1. The van der Waals surface area contributed by atoms with Gasteiger partial charge >= 0.3 is 0 Å². The molecule has 0 saturated carbocycles. The summed E-state index contributed by atoms with van der Waals surface area (Å²) >= 11 is 0. The minimum atomic E-state index is 0.222. The summed E-state index contributed by atoms with van der Waals surface area (Å²) in [5.41, 5.74) is 2.54. The van der Waals surface area contributed by atoms with Crippen molar-refractivity contribution in [1.82, 2.24) is 10.2 Å². The van der Waals surface area contributed by atoms with Crippen molar-refractivity contribution < 1.29 is 9.84 Å². The van der Waals surface area contributed by atoms with Crippen LogP contribution in [0.5, 0.6) is 5.75 Å². The van der Waals surface area contributed by atoms with Gasteiger partial charge in [0.15, 0.2) is 0 Å². The van der Waals surface area contributed by atoms with E-state index >= 15 is 0 Å². The summed E-state index contributed by atoms with van der Waals surface area (Å²) in [6.45, 7) is 6.46. The van der Waals surface area contributed by atoms with E-state index in [-0.39, 0.29) is 6.61 Å². The highest BCUT2D eigenvalue weighted by Gasteiger charge is 2.23. The number of ether oxygens (including phenoxy) is 1. The van der Waals surface area contributed by atoms with E-state index in [1.165, 1.54) is 11.1 Å². The second kappa shape index (κ2) is 6.89. The van der Waals surface area contributed by atoms with Gasteiger partial charge in [0.1, 0.15) is 5.75 Å². The molecule has 19 heavy (non-hydrogen) atoms. The Labute approximate surface area is 115 Å². The van der Waals surface area contributed by atoms with Crippen molar-refractivity contribution in [2.75, 3.05) is 39.9 Å². The van der Waals surface area contributed by atoms with Crippen LogP contribution < -0.4 is 10.1 Å². The molecular weight excluding hydrogens is 240 g/mol. The smallest absolute Gasteiger partial charge is 0.119 e. The van der Waals surface area contributed by atoms with E-state index in [9.17, 15) is 5.11 Å². The zero-order valence-electron chi connectivity index (χ0n) is 11.9. The van der Waals surface area contributed by atoms with Crippen molar-refractivity contribution in [3.8, 4) is 5.75 Å². The fraction of sp³-hybridized carbons (Fsp3) is 0.600. The van der Waals surface area contributed by atoms with Crippen molar-refractivity contribution in [1.29, 1.82) is 0 Å². The second-order valence-electron chi connectivity index (χ2n) is 5.04. The zero-order valence-corrected chi connectivity index (χ0v) is 11.9. The Kier molecular flexibility index (Phi) is 5.19. The van der Waals surface area contributed by atoms with Gasteiger partial charge in [0.25, 0.3) is 0 Å². The number of benzene rings is 1. The van der Waals surface area contributed by atoms with Gasteiger partial charge in [0, 0.05) is 38.8 Å². The van der Waals surface area contributed by atoms with E-state index in [0.29, 0.717) is 6.04 Å². The molecule has 0 amide bonds. The van der Waals surface area contributed by atoms with E-state index in [4.69, 9.17) is 4.74 Å². The Bertz CT molecular complexity index is 403. The van der Waals surface area contributed by atoms with Gasteiger partial charge in [-0.25, -0.2) is 0 Å². The third kappa shape index (κ3) is 3.47.